The molecular formula is C17H17N3O5. The Bertz CT molecular complexity index is 772. The number of esters is 1. The van der Waals surface area contributed by atoms with Gasteiger partial charge in [0.25, 0.3) is 5.91 Å². The summed E-state index contributed by atoms with van der Waals surface area (Å²) in [5.74, 6) is -1.41. The number of hydrogen-bond donors (Lipinski definition) is 0. The lowest BCUT2D eigenvalue weighted by Crippen LogP contribution is -2.69. The van der Waals surface area contributed by atoms with Crippen molar-refractivity contribution >= 4 is 23.5 Å². The largest absolute Gasteiger partial charge is 0.447 e. The number of para-hydroxylation sites is 1. The molecule has 3 rings (SSSR count). The molecule has 8 nitrogen and oxygen atoms in total. The van der Waals surface area contributed by atoms with Crippen LogP contribution in [0.25, 0.3) is 0 Å². The molecule has 25 heavy (non-hydrogen) atoms. The number of anilines is 1. The molecule has 0 aliphatic carbocycles. The predicted molar refractivity (Wildman–Crippen MR) is 85.4 cm³/mol. The van der Waals surface area contributed by atoms with E-state index in [0.29, 0.717) is 11.3 Å². The number of fused-ring (bicyclic) bond motifs is 3. The SMILES string of the molecule is COCCN1C(=O)c2ccccc2N2C(=O)CC[C@]12C(=O)OCC#N. The number of methoxy groups -OCH3 is 1. The van der Waals surface area contributed by atoms with E-state index in [4.69, 9.17) is 14.7 Å². The van der Waals surface area contributed by atoms with Crippen molar-refractivity contribution in [3.05, 3.63) is 29.8 Å². The average Bonchev–Trinajstić information content (AvgIpc) is 2.98. The molecule has 0 aromatic heterocycles. The minimum atomic E-state index is -1.57. The molecule has 0 N–H and O–H groups in total. The number of carbonyl (C=O) groups excluding carboxylic acids is 3. The van der Waals surface area contributed by atoms with E-state index in [9.17, 15) is 14.4 Å². The van der Waals surface area contributed by atoms with Crippen LogP contribution in [-0.4, -0.2) is 55.2 Å². The molecule has 0 unspecified atom stereocenters. The summed E-state index contributed by atoms with van der Waals surface area (Å²) in [7, 11) is 1.49. The Morgan fingerprint density at radius 2 is 2.12 bits per heavy atom. The van der Waals surface area contributed by atoms with Gasteiger partial charge in [-0.1, -0.05) is 12.1 Å². The molecular weight excluding hydrogens is 326 g/mol. The molecule has 0 spiro atoms. The van der Waals surface area contributed by atoms with Crippen LogP contribution in [-0.2, 0) is 19.1 Å². The predicted octanol–water partition coefficient (Wildman–Crippen LogP) is 0.679. The normalized spacial score (nSPS) is 21.6. The van der Waals surface area contributed by atoms with Crippen molar-refractivity contribution in [3.8, 4) is 6.07 Å². The molecule has 8 heteroatoms. The molecule has 1 atom stereocenters. The molecule has 2 heterocycles. The van der Waals surface area contributed by atoms with Crippen molar-refractivity contribution < 1.29 is 23.9 Å². The zero-order chi connectivity index (χ0) is 18.0. The van der Waals surface area contributed by atoms with Crippen LogP contribution in [0.1, 0.15) is 23.2 Å². The van der Waals surface area contributed by atoms with Gasteiger partial charge in [-0.05, 0) is 12.1 Å². The molecule has 0 bridgehead atoms. The zero-order valence-electron chi connectivity index (χ0n) is 13.7. The maximum absolute atomic E-state index is 13.0. The molecule has 1 fully saturated rings. The minimum Gasteiger partial charge on any atom is -0.447 e. The van der Waals surface area contributed by atoms with Crippen molar-refractivity contribution in [3.63, 3.8) is 0 Å². The Kier molecular flexibility index (Phi) is 4.42. The first-order chi connectivity index (χ1) is 12.1. The Hall–Kier alpha value is -2.92. The number of rotatable bonds is 5. The summed E-state index contributed by atoms with van der Waals surface area (Å²) in [4.78, 5) is 41.1. The highest BCUT2D eigenvalue weighted by molar-refractivity contribution is 6.15. The smallest absolute Gasteiger partial charge is 0.354 e. The van der Waals surface area contributed by atoms with E-state index in [0.717, 1.165) is 0 Å². The fourth-order valence-electron chi connectivity index (χ4n) is 3.45. The van der Waals surface area contributed by atoms with Gasteiger partial charge in [-0.3, -0.25) is 14.5 Å². The van der Waals surface area contributed by atoms with E-state index in [1.807, 2.05) is 0 Å². The van der Waals surface area contributed by atoms with Gasteiger partial charge in [-0.2, -0.15) is 5.26 Å². The Balaban J connectivity index is 2.16. The second-order valence-corrected chi connectivity index (χ2v) is 5.75. The van der Waals surface area contributed by atoms with Crippen LogP contribution in [0.15, 0.2) is 24.3 Å². The lowest BCUT2D eigenvalue weighted by atomic mass is 9.96. The fraction of sp³-hybridized carbons (Fsp3) is 0.412. The Morgan fingerprint density at radius 1 is 1.36 bits per heavy atom. The lowest BCUT2D eigenvalue weighted by Gasteiger charge is -2.48. The topological polar surface area (TPSA) is 99.9 Å². The number of carbonyl (C=O) groups is 3. The van der Waals surface area contributed by atoms with E-state index in [1.54, 1.807) is 30.3 Å². The van der Waals surface area contributed by atoms with Gasteiger partial charge in [0.2, 0.25) is 11.6 Å². The quantitative estimate of drug-likeness (QED) is 0.729. The summed E-state index contributed by atoms with van der Waals surface area (Å²) in [5, 5.41) is 8.71. The summed E-state index contributed by atoms with van der Waals surface area (Å²) < 4.78 is 10.1. The highest BCUT2D eigenvalue weighted by atomic mass is 16.5. The van der Waals surface area contributed by atoms with Crippen molar-refractivity contribution in [1.82, 2.24) is 4.90 Å². The second-order valence-electron chi connectivity index (χ2n) is 5.75. The van der Waals surface area contributed by atoms with Crippen LogP contribution in [0, 0.1) is 11.3 Å². The summed E-state index contributed by atoms with van der Waals surface area (Å²) in [6.45, 7) is -0.130. The van der Waals surface area contributed by atoms with Gasteiger partial charge in [0.1, 0.15) is 6.07 Å². The first kappa shape index (κ1) is 16.9. The van der Waals surface area contributed by atoms with Gasteiger partial charge in [0.15, 0.2) is 6.61 Å². The molecule has 0 radical (unpaired) electrons. The maximum atomic E-state index is 13.0. The summed E-state index contributed by atoms with van der Waals surface area (Å²) in [6.07, 6.45) is 0.215. The second kappa shape index (κ2) is 6.53. The minimum absolute atomic E-state index is 0.104. The first-order valence-corrected chi connectivity index (χ1v) is 7.85. The van der Waals surface area contributed by atoms with E-state index >= 15 is 0 Å². The third-order valence-corrected chi connectivity index (χ3v) is 4.49. The standard InChI is InChI=1S/C17H17N3O5/c1-24-11-9-19-15(22)12-4-2-3-5-13(12)20-14(21)6-7-17(19,20)16(23)25-10-8-18/h2-5H,6-7,9-11H2,1H3/t17-/m0/s1. The zero-order valence-corrected chi connectivity index (χ0v) is 13.7. The van der Waals surface area contributed by atoms with E-state index in [2.05, 4.69) is 0 Å². The number of benzene rings is 1. The molecule has 2 aliphatic heterocycles. The Labute approximate surface area is 144 Å². The van der Waals surface area contributed by atoms with Crippen molar-refractivity contribution in [2.45, 2.75) is 18.5 Å². The van der Waals surface area contributed by atoms with Gasteiger partial charge in [0.05, 0.1) is 17.9 Å². The van der Waals surface area contributed by atoms with Crippen LogP contribution in [0.4, 0.5) is 5.69 Å². The molecule has 1 aromatic rings. The van der Waals surface area contributed by atoms with Crippen LogP contribution in [0.3, 0.4) is 0 Å². The number of nitriles is 1. The van der Waals surface area contributed by atoms with Gasteiger partial charge >= 0.3 is 5.97 Å². The number of amides is 2. The number of hydrogen-bond acceptors (Lipinski definition) is 6. The number of ether oxygens (including phenoxy) is 2. The fourth-order valence-corrected chi connectivity index (χ4v) is 3.45. The van der Waals surface area contributed by atoms with Crippen molar-refractivity contribution in [1.29, 1.82) is 5.26 Å². The molecule has 0 saturated carbocycles. The van der Waals surface area contributed by atoms with Crippen LogP contribution in [0.2, 0.25) is 0 Å². The van der Waals surface area contributed by atoms with E-state index < -0.39 is 18.2 Å². The average molecular weight is 343 g/mol. The van der Waals surface area contributed by atoms with E-state index in [-0.39, 0.29) is 37.8 Å². The maximum Gasteiger partial charge on any atom is 0.354 e. The summed E-state index contributed by atoms with van der Waals surface area (Å²) >= 11 is 0. The number of nitrogens with zero attached hydrogens (tertiary/aromatic N) is 3. The van der Waals surface area contributed by atoms with Gasteiger partial charge in [-0.25, -0.2) is 4.79 Å². The molecule has 2 amide bonds. The van der Waals surface area contributed by atoms with Crippen LogP contribution < -0.4 is 4.90 Å². The summed E-state index contributed by atoms with van der Waals surface area (Å²) in [5.41, 5.74) is -0.840. The van der Waals surface area contributed by atoms with Gasteiger partial charge < -0.3 is 14.4 Å². The van der Waals surface area contributed by atoms with Crippen LogP contribution in [0.5, 0.6) is 0 Å². The van der Waals surface area contributed by atoms with Crippen molar-refractivity contribution in [2.75, 3.05) is 31.8 Å². The first-order valence-electron chi connectivity index (χ1n) is 7.85. The lowest BCUT2D eigenvalue weighted by molar-refractivity contribution is -0.156. The summed E-state index contributed by atoms with van der Waals surface area (Å²) in [6, 6.07) is 8.40. The molecule has 2 aliphatic rings. The molecule has 1 aromatic carbocycles. The van der Waals surface area contributed by atoms with E-state index in [1.165, 1.54) is 16.9 Å². The highest BCUT2D eigenvalue weighted by Crippen LogP contribution is 2.44. The highest BCUT2D eigenvalue weighted by Gasteiger charge is 2.61. The van der Waals surface area contributed by atoms with Gasteiger partial charge in [0, 0.05) is 26.5 Å². The molecule has 1 saturated heterocycles. The van der Waals surface area contributed by atoms with Crippen molar-refractivity contribution in [2.24, 2.45) is 0 Å². The monoisotopic (exact) mass is 343 g/mol. The third-order valence-electron chi connectivity index (χ3n) is 4.49. The Morgan fingerprint density at radius 3 is 2.84 bits per heavy atom. The van der Waals surface area contributed by atoms with Gasteiger partial charge in [-0.15, -0.1) is 0 Å². The molecule has 130 valence electrons. The van der Waals surface area contributed by atoms with Crippen LogP contribution >= 0.6 is 0 Å². The third kappa shape index (κ3) is 2.44.